The minimum atomic E-state index is -0.315. The molecule has 2 heterocycles. The molecule has 0 radical (unpaired) electrons. The zero-order valence-corrected chi connectivity index (χ0v) is 14.0. The first-order valence-electron chi connectivity index (χ1n) is 8.40. The summed E-state index contributed by atoms with van der Waals surface area (Å²) in [7, 11) is 0. The van der Waals surface area contributed by atoms with Crippen molar-refractivity contribution in [3.05, 3.63) is 47.4 Å². The second-order valence-electron chi connectivity index (χ2n) is 6.13. The predicted octanol–water partition coefficient (Wildman–Crippen LogP) is 0.944. The third-order valence-electron chi connectivity index (χ3n) is 4.24. The van der Waals surface area contributed by atoms with Crippen molar-refractivity contribution in [2.75, 3.05) is 26.2 Å². The summed E-state index contributed by atoms with van der Waals surface area (Å²) >= 11 is 0. The van der Waals surface area contributed by atoms with Crippen molar-refractivity contribution in [1.29, 1.82) is 0 Å². The third-order valence-corrected chi connectivity index (χ3v) is 4.24. The maximum absolute atomic E-state index is 13.3. The highest BCUT2D eigenvalue weighted by atomic mass is 19.1. The molecule has 2 aromatic rings. The maximum atomic E-state index is 13.3. The molecular formula is C17H22FN5O2. The Morgan fingerprint density at radius 1 is 1.28 bits per heavy atom. The number of aromatic nitrogens is 2. The molecule has 0 bridgehead atoms. The minimum absolute atomic E-state index is 0.0254. The maximum Gasteiger partial charge on any atom is 0.240 e. The Morgan fingerprint density at radius 2 is 2.16 bits per heavy atom. The van der Waals surface area contributed by atoms with Crippen LogP contribution >= 0.6 is 0 Å². The quantitative estimate of drug-likeness (QED) is 0.866. The summed E-state index contributed by atoms with van der Waals surface area (Å²) in [5, 5.41) is 3.91. The molecule has 1 amide bonds. The lowest BCUT2D eigenvalue weighted by molar-refractivity contribution is -0.130. The highest BCUT2D eigenvalue weighted by molar-refractivity contribution is 5.78. The van der Waals surface area contributed by atoms with Gasteiger partial charge in [0.1, 0.15) is 5.82 Å². The Bertz CT molecular complexity index is 721. The van der Waals surface area contributed by atoms with Gasteiger partial charge in [-0.15, -0.1) is 0 Å². The summed E-state index contributed by atoms with van der Waals surface area (Å²) in [5.41, 5.74) is 6.17. The van der Waals surface area contributed by atoms with Crippen molar-refractivity contribution in [3.8, 4) is 0 Å². The van der Waals surface area contributed by atoms with Gasteiger partial charge in [0.2, 0.25) is 11.8 Å². The van der Waals surface area contributed by atoms with Crippen LogP contribution in [0, 0.1) is 5.82 Å². The number of hydrogen-bond donors (Lipinski definition) is 1. The summed E-state index contributed by atoms with van der Waals surface area (Å²) in [6.45, 7) is 3.74. The fourth-order valence-corrected chi connectivity index (χ4v) is 2.95. The van der Waals surface area contributed by atoms with Gasteiger partial charge in [-0.3, -0.25) is 9.69 Å². The summed E-state index contributed by atoms with van der Waals surface area (Å²) in [6, 6.07) is 6.19. The molecule has 0 aliphatic carbocycles. The predicted molar refractivity (Wildman–Crippen MR) is 88.8 cm³/mol. The number of carbonyl (C=O) groups excluding carboxylic acids is 1. The number of benzene rings is 1. The first kappa shape index (κ1) is 17.5. The smallest absolute Gasteiger partial charge is 0.240 e. The van der Waals surface area contributed by atoms with Crippen molar-refractivity contribution < 1.29 is 13.7 Å². The number of carbonyl (C=O) groups is 1. The number of amides is 1. The van der Waals surface area contributed by atoms with Gasteiger partial charge in [0.15, 0.2) is 5.82 Å². The van der Waals surface area contributed by atoms with Crippen LogP contribution in [0.3, 0.4) is 0 Å². The Morgan fingerprint density at radius 3 is 2.92 bits per heavy atom. The van der Waals surface area contributed by atoms with Crippen LogP contribution in [0.4, 0.5) is 4.39 Å². The molecule has 25 heavy (non-hydrogen) atoms. The number of rotatable bonds is 5. The average molecular weight is 347 g/mol. The van der Waals surface area contributed by atoms with Gasteiger partial charge in [-0.25, -0.2) is 4.39 Å². The van der Waals surface area contributed by atoms with E-state index in [1.165, 1.54) is 12.1 Å². The molecule has 1 aliphatic rings. The molecule has 0 saturated carbocycles. The SMILES string of the molecule is NCc1nc(CN2CCCN(C(=O)Cc3cccc(F)c3)CC2)no1. The van der Waals surface area contributed by atoms with E-state index in [0.717, 1.165) is 19.5 Å². The van der Waals surface area contributed by atoms with Gasteiger partial charge < -0.3 is 15.2 Å². The number of nitrogens with zero attached hydrogens (tertiary/aromatic N) is 4. The van der Waals surface area contributed by atoms with E-state index in [-0.39, 0.29) is 24.7 Å². The molecule has 0 unspecified atom stereocenters. The molecule has 3 rings (SSSR count). The molecule has 8 heteroatoms. The summed E-state index contributed by atoms with van der Waals surface area (Å²) in [6.07, 6.45) is 1.10. The lowest BCUT2D eigenvalue weighted by Crippen LogP contribution is -2.36. The molecule has 0 atom stereocenters. The molecule has 1 aliphatic heterocycles. The second kappa shape index (κ2) is 8.17. The Labute approximate surface area is 145 Å². The van der Waals surface area contributed by atoms with Crippen molar-refractivity contribution in [3.63, 3.8) is 0 Å². The van der Waals surface area contributed by atoms with Gasteiger partial charge in [0, 0.05) is 26.2 Å². The molecule has 1 aromatic carbocycles. The van der Waals surface area contributed by atoms with Crippen LogP contribution in [-0.4, -0.2) is 52.0 Å². The fraction of sp³-hybridized carbons (Fsp3) is 0.471. The monoisotopic (exact) mass is 347 g/mol. The van der Waals surface area contributed by atoms with E-state index in [1.54, 1.807) is 12.1 Å². The Hall–Kier alpha value is -2.32. The van der Waals surface area contributed by atoms with Crippen molar-refractivity contribution in [1.82, 2.24) is 19.9 Å². The summed E-state index contributed by atoms with van der Waals surface area (Å²) < 4.78 is 18.3. The Kier molecular flexibility index (Phi) is 5.72. The highest BCUT2D eigenvalue weighted by Crippen LogP contribution is 2.11. The summed E-state index contributed by atoms with van der Waals surface area (Å²) in [5.74, 6) is 0.749. The minimum Gasteiger partial charge on any atom is -0.341 e. The molecule has 7 nitrogen and oxygen atoms in total. The van der Waals surface area contributed by atoms with Gasteiger partial charge in [-0.05, 0) is 24.1 Å². The highest BCUT2D eigenvalue weighted by Gasteiger charge is 2.20. The molecule has 0 spiro atoms. The van der Waals surface area contributed by atoms with Gasteiger partial charge >= 0.3 is 0 Å². The van der Waals surface area contributed by atoms with Crippen LogP contribution in [0.1, 0.15) is 23.7 Å². The van der Waals surface area contributed by atoms with Crippen LogP contribution in [0.2, 0.25) is 0 Å². The van der Waals surface area contributed by atoms with Crippen molar-refractivity contribution in [2.45, 2.75) is 25.9 Å². The van der Waals surface area contributed by atoms with E-state index in [2.05, 4.69) is 15.0 Å². The van der Waals surface area contributed by atoms with E-state index >= 15 is 0 Å². The summed E-state index contributed by atoms with van der Waals surface area (Å²) in [4.78, 5) is 20.7. The van der Waals surface area contributed by atoms with E-state index in [4.69, 9.17) is 10.3 Å². The van der Waals surface area contributed by atoms with Crippen LogP contribution < -0.4 is 5.73 Å². The van der Waals surface area contributed by atoms with Gasteiger partial charge in [-0.2, -0.15) is 4.98 Å². The molecule has 1 aromatic heterocycles. The van der Waals surface area contributed by atoms with Gasteiger partial charge in [0.05, 0.1) is 19.5 Å². The lowest BCUT2D eigenvalue weighted by atomic mass is 10.1. The molecular weight excluding hydrogens is 325 g/mol. The van der Waals surface area contributed by atoms with Crippen LogP contribution in [-0.2, 0) is 24.3 Å². The first-order chi connectivity index (χ1) is 12.1. The van der Waals surface area contributed by atoms with Gasteiger partial charge in [-0.1, -0.05) is 17.3 Å². The van der Waals surface area contributed by atoms with Crippen molar-refractivity contribution >= 4 is 5.91 Å². The van der Waals surface area contributed by atoms with Gasteiger partial charge in [0.25, 0.3) is 0 Å². The largest absolute Gasteiger partial charge is 0.341 e. The first-order valence-corrected chi connectivity index (χ1v) is 8.40. The van der Waals surface area contributed by atoms with Crippen LogP contribution in [0.5, 0.6) is 0 Å². The number of nitrogens with two attached hydrogens (primary N) is 1. The number of halogens is 1. The standard InChI is InChI=1S/C17H22FN5O2/c18-14-4-1-3-13(9-14)10-17(24)23-6-2-5-22(7-8-23)12-15-20-16(11-19)25-21-15/h1,3-4,9H,2,5-8,10-12,19H2. The normalized spacial score (nSPS) is 16.0. The van der Waals surface area contributed by atoms with E-state index in [1.807, 2.05) is 4.90 Å². The molecule has 1 saturated heterocycles. The van der Waals surface area contributed by atoms with E-state index < -0.39 is 0 Å². The van der Waals surface area contributed by atoms with E-state index in [0.29, 0.717) is 36.9 Å². The topological polar surface area (TPSA) is 88.5 Å². The average Bonchev–Trinajstić information content (AvgIpc) is 2.91. The van der Waals surface area contributed by atoms with Crippen LogP contribution in [0.25, 0.3) is 0 Å². The number of hydrogen-bond acceptors (Lipinski definition) is 6. The zero-order chi connectivity index (χ0) is 17.6. The Balaban J connectivity index is 1.53. The lowest BCUT2D eigenvalue weighted by Gasteiger charge is -2.21. The zero-order valence-electron chi connectivity index (χ0n) is 14.0. The molecule has 2 N–H and O–H groups in total. The molecule has 1 fully saturated rings. The van der Waals surface area contributed by atoms with E-state index in [9.17, 15) is 9.18 Å². The second-order valence-corrected chi connectivity index (χ2v) is 6.13. The fourth-order valence-electron chi connectivity index (χ4n) is 2.95. The third kappa shape index (κ3) is 4.83. The molecule has 134 valence electrons. The van der Waals surface area contributed by atoms with Crippen LogP contribution in [0.15, 0.2) is 28.8 Å². The van der Waals surface area contributed by atoms with Crippen molar-refractivity contribution in [2.24, 2.45) is 5.73 Å².